The SMILES string of the molecule is O=C(OCN1C(=O)c2ccccc2C1=O)/C(=C/c1ccc(Cl)cc1)NC(=O)c1ccccc1Cl. The molecule has 0 saturated heterocycles. The van der Waals surface area contributed by atoms with E-state index in [4.69, 9.17) is 27.9 Å². The van der Waals surface area contributed by atoms with E-state index in [0.717, 1.165) is 4.90 Å². The molecule has 0 fully saturated rings. The summed E-state index contributed by atoms with van der Waals surface area (Å²) in [7, 11) is 0. The molecule has 3 amide bonds. The highest BCUT2D eigenvalue weighted by atomic mass is 35.5. The lowest BCUT2D eigenvalue weighted by molar-refractivity contribution is -0.141. The lowest BCUT2D eigenvalue weighted by Gasteiger charge is -2.16. The monoisotopic (exact) mass is 494 g/mol. The van der Waals surface area contributed by atoms with Crippen molar-refractivity contribution in [3.63, 3.8) is 0 Å². The van der Waals surface area contributed by atoms with Crippen LogP contribution in [0, 0.1) is 0 Å². The molecule has 1 aliphatic rings. The molecule has 0 aliphatic carbocycles. The van der Waals surface area contributed by atoms with Gasteiger partial charge >= 0.3 is 5.97 Å². The second kappa shape index (κ2) is 9.91. The van der Waals surface area contributed by atoms with E-state index in [1.165, 1.54) is 24.3 Å². The third-order valence-corrected chi connectivity index (χ3v) is 5.55. The third kappa shape index (κ3) is 4.85. The molecule has 0 aromatic heterocycles. The van der Waals surface area contributed by atoms with E-state index >= 15 is 0 Å². The summed E-state index contributed by atoms with van der Waals surface area (Å²) >= 11 is 12.0. The first-order valence-electron chi connectivity index (χ1n) is 10.0. The number of hydrogen-bond donors (Lipinski definition) is 1. The highest BCUT2D eigenvalue weighted by molar-refractivity contribution is 6.34. The molecule has 1 heterocycles. The molecule has 0 saturated carbocycles. The molecule has 1 aliphatic heterocycles. The second-order valence-corrected chi connectivity index (χ2v) is 8.03. The van der Waals surface area contributed by atoms with Gasteiger partial charge in [-0.25, -0.2) is 9.69 Å². The van der Waals surface area contributed by atoms with Crippen molar-refractivity contribution in [3.05, 3.63) is 111 Å². The van der Waals surface area contributed by atoms with Crippen molar-refractivity contribution < 1.29 is 23.9 Å². The predicted octanol–water partition coefficient (Wildman–Crippen LogP) is 4.56. The van der Waals surface area contributed by atoms with Gasteiger partial charge in [0.2, 0.25) is 0 Å². The van der Waals surface area contributed by atoms with Crippen LogP contribution < -0.4 is 5.32 Å². The summed E-state index contributed by atoms with van der Waals surface area (Å²) in [5.41, 5.74) is 0.944. The summed E-state index contributed by atoms with van der Waals surface area (Å²) < 4.78 is 5.23. The molecular weight excluding hydrogens is 479 g/mol. The van der Waals surface area contributed by atoms with Crippen LogP contribution in [0.3, 0.4) is 0 Å². The van der Waals surface area contributed by atoms with Gasteiger partial charge < -0.3 is 10.1 Å². The Labute approximate surface area is 204 Å². The summed E-state index contributed by atoms with van der Waals surface area (Å²) in [5.74, 6) is -2.73. The number of fused-ring (bicyclic) bond motifs is 1. The largest absolute Gasteiger partial charge is 0.439 e. The van der Waals surface area contributed by atoms with E-state index in [9.17, 15) is 19.2 Å². The maximum atomic E-state index is 12.9. The molecule has 170 valence electrons. The molecule has 9 heteroatoms. The van der Waals surface area contributed by atoms with Gasteiger partial charge in [-0.15, -0.1) is 0 Å². The number of amides is 3. The van der Waals surface area contributed by atoms with Crippen molar-refractivity contribution >= 4 is 53.0 Å². The lowest BCUT2D eigenvalue weighted by Crippen LogP contribution is -2.35. The summed E-state index contributed by atoms with van der Waals surface area (Å²) in [6.45, 7) is -0.620. The minimum Gasteiger partial charge on any atom is -0.439 e. The molecule has 0 unspecified atom stereocenters. The minimum atomic E-state index is -0.952. The first kappa shape index (κ1) is 23.2. The van der Waals surface area contributed by atoms with Crippen LogP contribution in [0.5, 0.6) is 0 Å². The number of rotatable bonds is 6. The topological polar surface area (TPSA) is 92.8 Å². The second-order valence-electron chi connectivity index (χ2n) is 7.19. The molecule has 0 radical (unpaired) electrons. The number of nitrogens with one attached hydrogen (secondary N) is 1. The fourth-order valence-corrected chi connectivity index (χ4v) is 3.61. The number of carbonyl (C=O) groups excluding carboxylic acids is 4. The molecule has 0 spiro atoms. The Morgan fingerprint density at radius 1 is 0.853 bits per heavy atom. The Bertz CT molecular complexity index is 1300. The smallest absolute Gasteiger partial charge is 0.356 e. The number of carbonyl (C=O) groups is 4. The average Bonchev–Trinajstić information content (AvgIpc) is 3.08. The summed E-state index contributed by atoms with van der Waals surface area (Å²) in [4.78, 5) is 51.5. The van der Waals surface area contributed by atoms with Gasteiger partial charge in [-0.1, -0.05) is 59.6 Å². The van der Waals surface area contributed by atoms with Crippen LogP contribution in [0.2, 0.25) is 10.0 Å². The Kier molecular flexibility index (Phi) is 6.77. The third-order valence-electron chi connectivity index (χ3n) is 4.97. The zero-order valence-electron chi connectivity index (χ0n) is 17.5. The van der Waals surface area contributed by atoms with E-state index in [-0.39, 0.29) is 27.4 Å². The molecule has 0 atom stereocenters. The molecular formula is C25H16Cl2N2O5. The number of nitrogens with zero attached hydrogens (tertiary/aromatic N) is 1. The van der Waals surface area contributed by atoms with Gasteiger partial charge in [0.05, 0.1) is 21.7 Å². The maximum Gasteiger partial charge on any atom is 0.356 e. The van der Waals surface area contributed by atoms with Crippen LogP contribution in [0.15, 0.2) is 78.5 Å². The van der Waals surface area contributed by atoms with Crippen LogP contribution in [-0.2, 0) is 9.53 Å². The molecule has 34 heavy (non-hydrogen) atoms. The molecule has 7 nitrogen and oxygen atoms in total. The first-order valence-corrected chi connectivity index (χ1v) is 10.8. The minimum absolute atomic E-state index is 0.152. The Morgan fingerprint density at radius 2 is 1.44 bits per heavy atom. The highest BCUT2D eigenvalue weighted by Gasteiger charge is 2.36. The van der Waals surface area contributed by atoms with Crippen molar-refractivity contribution in [3.8, 4) is 0 Å². The fraction of sp³-hybridized carbons (Fsp3) is 0.0400. The van der Waals surface area contributed by atoms with E-state index in [1.807, 2.05) is 0 Å². The Morgan fingerprint density at radius 3 is 2.06 bits per heavy atom. The van der Waals surface area contributed by atoms with Crippen molar-refractivity contribution in [2.75, 3.05) is 6.73 Å². The number of benzene rings is 3. The van der Waals surface area contributed by atoms with Crippen molar-refractivity contribution in [1.29, 1.82) is 0 Å². The van der Waals surface area contributed by atoms with Crippen LogP contribution in [0.25, 0.3) is 6.08 Å². The Hall–Kier alpha value is -3.94. The fourth-order valence-electron chi connectivity index (χ4n) is 3.26. The van der Waals surface area contributed by atoms with Crippen molar-refractivity contribution in [1.82, 2.24) is 10.2 Å². The van der Waals surface area contributed by atoms with Gasteiger partial charge in [-0.2, -0.15) is 0 Å². The normalized spacial score (nSPS) is 13.0. The quantitative estimate of drug-likeness (QED) is 0.308. The van der Waals surface area contributed by atoms with Gasteiger partial charge in [0.1, 0.15) is 5.70 Å². The summed E-state index contributed by atoms with van der Waals surface area (Å²) in [6, 6.07) is 19.2. The van der Waals surface area contributed by atoms with E-state index < -0.39 is 30.4 Å². The van der Waals surface area contributed by atoms with Crippen LogP contribution in [-0.4, -0.2) is 35.3 Å². The van der Waals surface area contributed by atoms with Gasteiger partial charge in [0.15, 0.2) is 6.73 Å². The van der Waals surface area contributed by atoms with E-state index in [0.29, 0.717) is 10.6 Å². The van der Waals surface area contributed by atoms with Gasteiger partial charge in [-0.3, -0.25) is 14.4 Å². The number of imide groups is 1. The zero-order valence-corrected chi connectivity index (χ0v) is 19.0. The van der Waals surface area contributed by atoms with Crippen LogP contribution in [0.1, 0.15) is 36.6 Å². The van der Waals surface area contributed by atoms with E-state index in [2.05, 4.69) is 5.32 Å². The Balaban J connectivity index is 1.55. The van der Waals surface area contributed by atoms with Gasteiger partial charge in [0.25, 0.3) is 17.7 Å². The number of hydrogen-bond acceptors (Lipinski definition) is 5. The molecule has 3 aromatic carbocycles. The lowest BCUT2D eigenvalue weighted by atomic mass is 10.1. The van der Waals surface area contributed by atoms with Crippen molar-refractivity contribution in [2.24, 2.45) is 0 Å². The van der Waals surface area contributed by atoms with Gasteiger partial charge in [0, 0.05) is 5.02 Å². The summed E-state index contributed by atoms with van der Waals surface area (Å²) in [6.07, 6.45) is 1.38. The van der Waals surface area contributed by atoms with Gasteiger partial charge in [-0.05, 0) is 48.0 Å². The number of esters is 1. The first-order chi connectivity index (χ1) is 16.3. The van der Waals surface area contributed by atoms with Crippen LogP contribution >= 0.6 is 23.2 Å². The number of ether oxygens (including phenoxy) is 1. The zero-order chi connectivity index (χ0) is 24.2. The standard InChI is InChI=1S/C25H16Cl2N2O5/c26-16-11-9-15(10-12-16)13-21(28-22(30)19-7-3-4-8-20(19)27)25(33)34-14-29-23(31)17-5-1-2-6-18(17)24(29)32/h1-13H,14H2,(H,28,30)/b21-13-. The molecule has 1 N–H and O–H groups in total. The number of halogens is 2. The summed E-state index contributed by atoms with van der Waals surface area (Å²) in [5, 5.41) is 3.19. The maximum absolute atomic E-state index is 12.9. The predicted molar refractivity (Wildman–Crippen MR) is 126 cm³/mol. The van der Waals surface area contributed by atoms with Crippen LogP contribution in [0.4, 0.5) is 0 Å². The molecule has 0 bridgehead atoms. The molecule has 3 aromatic rings. The van der Waals surface area contributed by atoms with Crippen molar-refractivity contribution in [2.45, 2.75) is 0 Å². The molecule has 4 rings (SSSR count). The average molecular weight is 495 g/mol. The highest BCUT2D eigenvalue weighted by Crippen LogP contribution is 2.22. The van der Waals surface area contributed by atoms with E-state index in [1.54, 1.807) is 54.6 Å².